The number of hydrogen-bond acceptors (Lipinski definition) is 2. The second kappa shape index (κ2) is 4.86. The van der Waals surface area contributed by atoms with Crippen LogP contribution in [0.3, 0.4) is 0 Å². The first-order chi connectivity index (χ1) is 8.16. The number of carbonyl (C=O) groups excluding carboxylic acids is 1. The minimum atomic E-state index is 0.00991. The molecule has 0 aromatic carbocycles. The van der Waals surface area contributed by atoms with Crippen molar-refractivity contribution in [1.29, 1.82) is 0 Å². The summed E-state index contributed by atoms with van der Waals surface area (Å²) in [7, 11) is 1.96. The number of H-pyrrole nitrogens is 1. The third-order valence-corrected chi connectivity index (χ3v) is 2.80. The number of nitrogens with zero attached hydrogens (tertiary/aromatic N) is 2. The van der Waals surface area contributed by atoms with Crippen molar-refractivity contribution >= 4 is 5.91 Å². The Bertz CT molecular complexity index is 512. The number of carbonyl (C=O) groups is 1. The molecule has 0 spiro atoms. The van der Waals surface area contributed by atoms with E-state index in [0.29, 0.717) is 13.0 Å². The molecule has 0 radical (unpaired) electrons. The number of hydrogen-bond donors (Lipinski definition) is 2. The number of aromatic amines is 1. The summed E-state index contributed by atoms with van der Waals surface area (Å²) in [6.07, 6.45) is 4.02. The lowest BCUT2D eigenvalue weighted by molar-refractivity contribution is -0.120. The molecule has 2 aromatic rings. The first-order valence-electron chi connectivity index (χ1n) is 5.52. The maximum atomic E-state index is 11.7. The van der Waals surface area contributed by atoms with Gasteiger partial charge in [-0.25, -0.2) is 0 Å². The van der Waals surface area contributed by atoms with Crippen molar-refractivity contribution in [3.05, 3.63) is 41.5 Å². The van der Waals surface area contributed by atoms with Crippen molar-refractivity contribution in [2.45, 2.75) is 19.9 Å². The third kappa shape index (κ3) is 2.75. The Morgan fingerprint density at radius 3 is 3.00 bits per heavy atom. The van der Waals surface area contributed by atoms with Crippen LogP contribution in [-0.4, -0.2) is 20.7 Å². The molecule has 2 heterocycles. The van der Waals surface area contributed by atoms with Gasteiger partial charge in [-0.1, -0.05) is 0 Å². The van der Waals surface area contributed by atoms with Gasteiger partial charge in [0.1, 0.15) is 0 Å². The molecular weight excluding hydrogens is 216 g/mol. The number of nitrogens with one attached hydrogen (secondary N) is 2. The van der Waals surface area contributed by atoms with Crippen LogP contribution in [0.15, 0.2) is 24.5 Å². The van der Waals surface area contributed by atoms with Crippen LogP contribution in [0.2, 0.25) is 0 Å². The molecule has 2 N–H and O–H groups in total. The number of rotatable bonds is 4. The van der Waals surface area contributed by atoms with E-state index in [1.807, 2.05) is 36.9 Å². The van der Waals surface area contributed by atoms with E-state index >= 15 is 0 Å². The standard InChI is InChI=1S/C12H16N4O/c1-9-10(7-14-15-9)6-12(17)13-8-11-4-3-5-16(11)2/h3-5,7H,6,8H2,1-2H3,(H,13,17)(H,14,15). The summed E-state index contributed by atoms with van der Waals surface area (Å²) in [5, 5.41) is 9.60. The van der Waals surface area contributed by atoms with E-state index in [1.54, 1.807) is 6.20 Å². The zero-order valence-electron chi connectivity index (χ0n) is 10.0. The Kier molecular flexibility index (Phi) is 3.27. The van der Waals surface area contributed by atoms with Crippen molar-refractivity contribution in [3.63, 3.8) is 0 Å². The molecule has 0 atom stereocenters. The van der Waals surface area contributed by atoms with Crippen LogP contribution in [0.5, 0.6) is 0 Å². The molecule has 90 valence electrons. The summed E-state index contributed by atoms with van der Waals surface area (Å²) in [4.78, 5) is 11.7. The highest BCUT2D eigenvalue weighted by Crippen LogP contribution is 2.04. The molecule has 5 heteroatoms. The minimum Gasteiger partial charge on any atom is -0.353 e. The summed E-state index contributed by atoms with van der Waals surface area (Å²) in [6.45, 7) is 2.46. The van der Waals surface area contributed by atoms with Crippen molar-refractivity contribution < 1.29 is 4.79 Å². The Labute approximate surface area is 99.8 Å². The highest BCUT2D eigenvalue weighted by molar-refractivity contribution is 5.78. The van der Waals surface area contributed by atoms with Crippen molar-refractivity contribution in [1.82, 2.24) is 20.1 Å². The van der Waals surface area contributed by atoms with E-state index < -0.39 is 0 Å². The highest BCUT2D eigenvalue weighted by atomic mass is 16.1. The molecular formula is C12H16N4O. The number of amides is 1. The maximum Gasteiger partial charge on any atom is 0.224 e. The smallest absolute Gasteiger partial charge is 0.224 e. The van der Waals surface area contributed by atoms with Gasteiger partial charge in [-0.2, -0.15) is 5.10 Å². The van der Waals surface area contributed by atoms with E-state index in [-0.39, 0.29) is 5.91 Å². The zero-order chi connectivity index (χ0) is 12.3. The number of aryl methyl sites for hydroxylation is 2. The average molecular weight is 232 g/mol. The summed E-state index contributed by atoms with van der Waals surface area (Å²) < 4.78 is 1.99. The lowest BCUT2D eigenvalue weighted by Gasteiger charge is -2.06. The Morgan fingerprint density at radius 2 is 2.41 bits per heavy atom. The summed E-state index contributed by atoms with van der Waals surface area (Å²) in [5.74, 6) is 0.00991. The molecule has 0 aliphatic rings. The molecule has 0 aliphatic heterocycles. The highest BCUT2D eigenvalue weighted by Gasteiger charge is 2.07. The molecule has 0 saturated carbocycles. The van der Waals surface area contributed by atoms with Gasteiger partial charge in [-0.3, -0.25) is 9.89 Å². The average Bonchev–Trinajstić information content (AvgIpc) is 2.86. The zero-order valence-corrected chi connectivity index (χ0v) is 10.0. The van der Waals surface area contributed by atoms with E-state index in [1.165, 1.54) is 0 Å². The Hall–Kier alpha value is -2.04. The van der Waals surface area contributed by atoms with Crippen LogP contribution in [0.25, 0.3) is 0 Å². The lowest BCUT2D eigenvalue weighted by atomic mass is 10.2. The van der Waals surface area contributed by atoms with E-state index in [2.05, 4.69) is 15.5 Å². The third-order valence-electron chi connectivity index (χ3n) is 2.80. The molecule has 17 heavy (non-hydrogen) atoms. The molecule has 0 unspecified atom stereocenters. The predicted molar refractivity (Wildman–Crippen MR) is 64.3 cm³/mol. The van der Waals surface area contributed by atoms with Gasteiger partial charge in [0.05, 0.1) is 19.2 Å². The van der Waals surface area contributed by atoms with Crippen molar-refractivity contribution in [3.8, 4) is 0 Å². The van der Waals surface area contributed by atoms with E-state index in [0.717, 1.165) is 17.0 Å². The quantitative estimate of drug-likeness (QED) is 0.823. The van der Waals surface area contributed by atoms with Gasteiger partial charge in [-0.05, 0) is 19.1 Å². The Morgan fingerprint density at radius 1 is 1.59 bits per heavy atom. The molecule has 0 bridgehead atoms. The first-order valence-corrected chi connectivity index (χ1v) is 5.52. The second-order valence-electron chi connectivity index (χ2n) is 4.08. The molecule has 2 aromatic heterocycles. The second-order valence-corrected chi connectivity index (χ2v) is 4.08. The van der Waals surface area contributed by atoms with Crippen LogP contribution in [0.4, 0.5) is 0 Å². The van der Waals surface area contributed by atoms with Crippen LogP contribution in [0.1, 0.15) is 17.0 Å². The fourth-order valence-electron chi connectivity index (χ4n) is 1.66. The van der Waals surface area contributed by atoms with Gasteiger partial charge < -0.3 is 9.88 Å². The maximum absolute atomic E-state index is 11.7. The lowest BCUT2D eigenvalue weighted by Crippen LogP contribution is -2.25. The molecule has 2 rings (SSSR count). The normalized spacial score (nSPS) is 10.5. The number of aromatic nitrogens is 3. The fourth-order valence-corrected chi connectivity index (χ4v) is 1.66. The van der Waals surface area contributed by atoms with Gasteiger partial charge in [0.2, 0.25) is 5.91 Å². The van der Waals surface area contributed by atoms with Crippen LogP contribution < -0.4 is 5.32 Å². The van der Waals surface area contributed by atoms with E-state index in [4.69, 9.17) is 0 Å². The van der Waals surface area contributed by atoms with Crippen LogP contribution in [-0.2, 0) is 24.8 Å². The molecule has 5 nitrogen and oxygen atoms in total. The van der Waals surface area contributed by atoms with Crippen LogP contribution in [0, 0.1) is 6.92 Å². The van der Waals surface area contributed by atoms with E-state index in [9.17, 15) is 4.79 Å². The van der Waals surface area contributed by atoms with Gasteiger partial charge in [0, 0.05) is 30.2 Å². The summed E-state index contributed by atoms with van der Waals surface area (Å²) in [5.41, 5.74) is 2.97. The van der Waals surface area contributed by atoms with Gasteiger partial charge >= 0.3 is 0 Å². The minimum absolute atomic E-state index is 0.00991. The Balaban J connectivity index is 1.86. The monoisotopic (exact) mass is 232 g/mol. The SMILES string of the molecule is Cc1[nH]ncc1CC(=O)NCc1cccn1C. The molecule has 0 saturated heterocycles. The molecule has 1 amide bonds. The largest absolute Gasteiger partial charge is 0.353 e. The fraction of sp³-hybridized carbons (Fsp3) is 0.333. The summed E-state index contributed by atoms with van der Waals surface area (Å²) in [6, 6.07) is 3.95. The van der Waals surface area contributed by atoms with Crippen molar-refractivity contribution in [2.75, 3.05) is 0 Å². The summed E-state index contributed by atoms with van der Waals surface area (Å²) >= 11 is 0. The molecule has 0 fully saturated rings. The van der Waals surface area contributed by atoms with Crippen molar-refractivity contribution in [2.24, 2.45) is 7.05 Å². The first kappa shape index (κ1) is 11.4. The van der Waals surface area contributed by atoms with Gasteiger partial charge in [0.15, 0.2) is 0 Å². The van der Waals surface area contributed by atoms with Gasteiger partial charge in [0.25, 0.3) is 0 Å². The predicted octanol–water partition coefficient (Wildman–Crippen LogP) is 0.916. The molecule has 0 aliphatic carbocycles. The van der Waals surface area contributed by atoms with Crippen LogP contribution >= 0.6 is 0 Å². The topological polar surface area (TPSA) is 62.7 Å². The van der Waals surface area contributed by atoms with Gasteiger partial charge in [-0.15, -0.1) is 0 Å².